The number of halogens is 2. The average molecular weight is 344 g/mol. The molecule has 0 bridgehead atoms. The van der Waals surface area contributed by atoms with Crippen LogP contribution in [0.4, 0.5) is 0 Å². The van der Waals surface area contributed by atoms with E-state index in [1.807, 2.05) is 24.3 Å². The van der Waals surface area contributed by atoms with Gasteiger partial charge in [0.2, 0.25) is 0 Å². The quantitative estimate of drug-likeness (QED) is 0.856. The van der Waals surface area contributed by atoms with E-state index in [0.29, 0.717) is 9.92 Å². The summed E-state index contributed by atoms with van der Waals surface area (Å²) in [7, 11) is 0. The highest BCUT2D eigenvalue weighted by molar-refractivity contribution is 9.10. The Kier molecular flexibility index (Phi) is 4.32. The molecule has 0 saturated heterocycles. The van der Waals surface area contributed by atoms with E-state index < -0.39 is 5.97 Å². The van der Waals surface area contributed by atoms with Gasteiger partial charge < -0.3 is 5.11 Å². The van der Waals surface area contributed by atoms with Crippen LogP contribution >= 0.6 is 39.3 Å². The third kappa shape index (κ3) is 3.28. The summed E-state index contributed by atoms with van der Waals surface area (Å²) in [6, 6.07) is 12.4. The van der Waals surface area contributed by atoms with Gasteiger partial charge in [-0.2, -0.15) is 0 Å². The van der Waals surface area contributed by atoms with Crippen LogP contribution in [0.15, 0.2) is 56.7 Å². The van der Waals surface area contributed by atoms with Gasteiger partial charge >= 0.3 is 5.97 Å². The first-order valence-corrected chi connectivity index (χ1v) is 7.01. The van der Waals surface area contributed by atoms with Gasteiger partial charge in [0.25, 0.3) is 0 Å². The minimum atomic E-state index is -0.954. The molecule has 0 fully saturated rings. The molecule has 0 amide bonds. The summed E-state index contributed by atoms with van der Waals surface area (Å²) >= 11 is 10.7. The van der Waals surface area contributed by atoms with Gasteiger partial charge in [-0.3, -0.25) is 0 Å². The summed E-state index contributed by atoms with van der Waals surface area (Å²) in [5.74, 6) is -0.954. The number of hydrogen-bond donors (Lipinski definition) is 1. The van der Waals surface area contributed by atoms with Gasteiger partial charge in [-0.15, -0.1) is 0 Å². The van der Waals surface area contributed by atoms with E-state index in [1.165, 1.54) is 17.8 Å². The van der Waals surface area contributed by atoms with Crippen molar-refractivity contribution in [3.05, 3.63) is 57.5 Å². The Bertz CT molecular complexity index is 601. The van der Waals surface area contributed by atoms with Crippen LogP contribution in [0, 0.1) is 0 Å². The zero-order chi connectivity index (χ0) is 13.1. The van der Waals surface area contributed by atoms with Crippen molar-refractivity contribution in [2.24, 2.45) is 0 Å². The zero-order valence-electron chi connectivity index (χ0n) is 9.06. The molecular weight excluding hydrogens is 336 g/mol. The van der Waals surface area contributed by atoms with E-state index in [0.717, 1.165) is 9.37 Å². The Morgan fingerprint density at radius 2 is 2.00 bits per heavy atom. The van der Waals surface area contributed by atoms with Crippen molar-refractivity contribution < 1.29 is 9.90 Å². The molecule has 0 unspecified atom stereocenters. The maximum atomic E-state index is 11.1. The number of aromatic carboxylic acids is 1. The third-order valence-electron chi connectivity index (χ3n) is 2.20. The van der Waals surface area contributed by atoms with E-state index in [4.69, 9.17) is 16.7 Å². The summed E-state index contributed by atoms with van der Waals surface area (Å²) in [6.07, 6.45) is 0. The summed E-state index contributed by atoms with van der Waals surface area (Å²) < 4.78 is 0.950. The SMILES string of the molecule is O=C(O)c1ccc(Cl)cc1Sc1cccc(Br)c1. The second-order valence-corrected chi connectivity index (χ2v) is 5.97. The molecule has 0 atom stereocenters. The minimum Gasteiger partial charge on any atom is -0.478 e. The van der Waals surface area contributed by atoms with Crippen molar-refractivity contribution in [1.82, 2.24) is 0 Å². The summed E-state index contributed by atoms with van der Waals surface area (Å²) in [6.45, 7) is 0. The maximum Gasteiger partial charge on any atom is 0.336 e. The van der Waals surface area contributed by atoms with Gasteiger partial charge in [-0.25, -0.2) is 4.79 Å². The summed E-state index contributed by atoms with van der Waals surface area (Å²) in [5.41, 5.74) is 0.254. The Hall–Kier alpha value is -0.970. The molecule has 0 aliphatic rings. The van der Waals surface area contributed by atoms with Crippen LogP contribution in [-0.2, 0) is 0 Å². The highest BCUT2D eigenvalue weighted by Crippen LogP contribution is 2.33. The maximum absolute atomic E-state index is 11.1. The first-order valence-electron chi connectivity index (χ1n) is 5.02. The molecule has 1 N–H and O–H groups in total. The van der Waals surface area contributed by atoms with Gasteiger partial charge in [0, 0.05) is 19.3 Å². The molecule has 2 aromatic rings. The molecule has 18 heavy (non-hydrogen) atoms. The largest absolute Gasteiger partial charge is 0.478 e. The van der Waals surface area contributed by atoms with Crippen molar-refractivity contribution >= 4 is 45.3 Å². The molecule has 0 saturated carbocycles. The van der Waals surface area contributed by atoms with Crippen LogP contribution in [0.25, 0.3) is 0 Å². The van der Waals surface area contributed by atoms with Crippen molar-refractivity contribution in [2.45, 2.75) is 9.79 Å². The first-order chi connectivity index (χ1) is 8.56. The van der Waals surface area contributed by atoms with Crippen molar-refractivity contribution in [3.63, 3.8) is 0 Å². The topological polar surface area (TPSA) is 37.3 Å². The molecule has 92 valence electrons. The van der Waals surface area contributed by atoms with Gasteiger partial charge in [-0.1, -0.05) is 45.4 Å². The van der Waals surface area contributed by atoms with Gasteiger partial charge in [0.1, 0.15) is 0 Å². The zero-order valence-corrected chi connectivity index (χ0v) is 12.2. The van der Waals surface area contributed by atoms with Crippen LogP contribution in [-0.4, -0.2) is 11.1 Å². The monoisotopic (exact) mass is 342 g/mol. The molecule has 2 rings (SSSR count). The van der Waals surface area contributed by atoms with Crippen molar-refractivity contribution in [2.75, 3.05) is 0 Å². The van der Waals surface area contributed by atoms with E-state index in [-0.39, 0.29) is 5.56 Å². The van der Waals surface area contributed by atoms with E-state index >= 15 is 0 Å². The van der Waals surface area contributed by atoms with E-state index in [9.17, 15) is 4.79 Å². The van der Waals surface area contributed by atoms with Crippen LogP contribution in [0.5, 0.6) is 0 Å². The minimum absolute atomic E-state index is 0.254. The van der Waals surface area contributed by atoms with Crippen molar-refractivity contribution in [3.8, 4) is 0 Å². The lowest BCUT2D eigenvalue weighted by Crippen LogP contribution is -1.98. The fourth-order valence-corrected chi connectivity index (χ4v) is 3.24. The third-order valence-corrected chi connectivity index (χ3v) is 3.97. The Labute approximate surface area is 122 Å². The first kappa shape index (κ1) is 13.5. The molecule has 5 heteroatoms. The molecule has 0 aliphatic heterocycles. The molecule has 2 aromatic carbocycles. The highest BCUT2D eigenvalue weighted by Gasteiger charge is 2.11. The predicted octanol–water partition coefficient (Wildman–Crippen LogP) is 4.95. The van der Waals surface area contributed by atoms with E-state index in [1.54, 1.807) is 12.1 Å². The Morgan fingerprint density at radius 1 is 1.22 bits per heavy atom. The number of carboxylic acid groups (broad SMARTS) is 1. The second-order valence-electron chi connectivity index (χ2n) is 3.51. The molecule has 2 nitrogen and oxygen atoms in total. The molecule has 0 radical (unpaired) electrons. The van der Waals surface area contributed by atoms with Crippen LogP contribution in [0.2, 0.25) is 5.02 Å². The number of benzene rings is 2. The average Bonchev–Trinajstić information content (AvgIpc) is 2.28. The van der Waals surface area contributed by atoms with Crippen molar-refractivity contribution in [1.29, 1.82) is 0 Å². The number of hydrogen-bond acceptors (Lipinski definition) is 2. The molecular formula is C13H8BrClO2S. The van der Waals surface area contributed by atoms with Gasteiger partial charge in [-0.05, 0) is 36.4 Å². The summed E-state index contributed by atoms with van der Waals surface area (Å²) in [5, 5.41) is 9.65. The lowest BCUT2D eigenvalue weighted by molar-refractivity contribution is 0.0693. The van der Waals surface area contributed by atoms with Crippen LogP contribution < -0.4 is 0 Å². The molecule has 0 aromatic heterocycles. The fourth-order valence-electron chi connectivity index (χ4n) is 1.41. The number of rotatable bonds is 3. The van der Waals surface area contributed by atoms with Gasteiger partial charge in [0.15, 0.2) is 0 Å². The molecule has 0 heterocycles. The Morgan fingerprint density at radius 3 is 2.67 bits per heavy atom. The standard InChI is InChI=1S/C13H8BrClO2S/c14-8-2-1-3-10(6-8)18-12-7-9(15)4-5-11(12)13(16)17/h1-7H,(H,16,17). The van der Waals surface area contributed by atoms with Crippen LogP contribution in [0.3, 0.4) is 0 Å². The lowest BCUT2D eigenvalue weighted by atomic mass is 10.2. The lowest BCUT2D eigenvalue weighted by Gasteiger charge is -2.06. The second kappa shape index (κ2) is 5.78. The summed E-state index contributed by atoms with van der Waals surface area (Å²) in [4.78, 5) is 12.7. The fraction of sp³-hybridized carbons (Fsp3) is 0. The van der Waals surface area contributed by atoms with Gasteiger partial charge in [0.05, 0.1) is 5.56 Å². The molecule has 0 spiro atoms. The highest BCUT2D eigenvalue weighted by atomic mass is 79.9. The van der Waals surface area contributed by atoms with E-state index in [2.05, 4.69) is 15.9 Å². The number of carboxylic acids is 1. The number of carbonyl (C=O) groups is 1. The predicted molar refractivity (Wildman–Crippen MR) is 76.7 cm³/mol. The van der Waals surface area contributed by atoms with Crippen LogP contribution in [0.1, 0.15) is 10.4 Å². The normalized spacial score (nSPS) is 10.3. The smallest absolute Gasteiger partial charge is 0.336 e. The Balaban J connectivity index is 2.39. The molecule has 0 aliphatic carbocycles.